The van der Waals surface area contributed by atoms with Crippen molar-refractivity contribution in [1.82, 2.24) is 20.5 Å². The van der Waals surface area contributed by atoms with Crippen LogP contribution in [0, 0.1) is 5.92 Å². The van der Waals surface area contributed by atoms with Crippen molar-refractivity contribution in [3.05, 3.63) is 11.6 Å². The first-order valence-corrected chi connectivity index (χ1v) is 6.26. The molecular formula is C12H22N4O2. The number of rotatable bonds is 6. The molecule has 6 heteroatoms. The highest BCUT2D eigenvalue weighted by molar-refractivity contribution is 5.90. The number of carbonyl (C=O) groups is 1. The molecule has 1 aromatic heterocycles. The fourth-order valence-corrected chi connectivity index (χ4v) is 1.86. The molecule has 3 N–H and O–H groups in total. The molecule has 1 atom stereocenters. The number of aromatic amines is 1. The zero-order valence-corrected chi connectivity index (χ0v) is 11.4. The van der Waals surface area contributed by atoms with Crippen LogP contribution in [0.25, 0.3) is 0 Å². The molecule has 0 radical (unpaired) electrons. The summed E-state index contributed by atoms with van der Waals surface area (Å²) in [4.78, 5) is 15.8. The SMILES string of the molecule is CCc1nc(C(=O)NCC(C)(O)CC(C)C)n[nH]1. The lowest BCUT2D eigenvalue weighted by atomic mass is 9.94. The van der Waals surface area contributed by atoms with Crippen molar-refractivity contribution in [1.29, 1.82) is 0 Å². The lowest BCUT2D eigenvalue weighted by Crippen LogP contribution is -2.41. The van der Waals surface area contributed by atoms with E-state index in [2.05, 4.69) is 20.5 Å². The van der Waals surface area contributed by atoms with E-state index in [1.54, 1.807) is 6.92 Å². The highest BCUT2D eigenvalue weighted by atomic mass is 16.3. The minimum Gasteiger partial charge on any atom is -0.388 e. The number of hydrogen-bond donors (Lipinski definition) is 3. The molecule has 0 fully saturated rings. The predicted octanol–water partition coefficient (Wildman–Crippen LogP) is 0.894. The smallest absolute Gasteiger partial charge is 0.291 e. The summed E-state index contributed by atoms with van der Waals surface area (Å²) in [7, 11) is 0. The van der Waals surface area contributed by atoms with Gasteiger partial charge in [0.2, 0.25) is 5.82 Å². The van der Waals surface area contributed by atoms with E-state index in [9.17, 15) is 9.90 Å². The van der Waals surface area contributed by atoms with Crippen molar-refractivity contribution in [3.63, 3.8) is 0 Å². The molecule has 6 nitrogen and oxygen atoms in total. The van der Waals surface area contributed by atoms with Gasteiger partial charge >= 0.3 is 0 Å². The third-order valence-electron chi connectivity index (χ3n) is 2.55. The van der Waals surface area contributed by atoms with Gasteiger partial charge in [-0.25, -0.2) is 4.98 Å². The number of hydrogen-bond acceptors (Lipinski definition) is 4. The fraction of sp³-hybridized carbons (Fsp3) is 0.750. The summed E-state index contributed by atoms with van der Waals surface area (Å²) < 4.78 is 0. The Hall–Kier alpha value is -1.43. The van der Waals surface area contributed by atoms with Gasteiger partial charge in [0, 0.05) is 13.0 Å². The molecule has 1 rings (SSSR count). The number of aliphatic hydroxyl groups is 1. The molecule has 0 aliphatic rings. The van der Waals surface area contributed by atoms with Crippen molar-refractivity contribution in [2.24, 2.45) is 5.92 Å². The molecule has 0 bridgehead atoms. The zero-order valence-electron chi connectivity index (χ0n) is 11.4. The standard InChI is InChI=1S/C12H22N4O2/c1-5-9-14-10(16-15-9)11(17)13-7-12(4,18)6-8(2)3/h8,18H,5-7H2,1-4H3,(H,13,17)(H,14,15,16). The minimum absolute atomic E-state index is 0.118. The summed E-state index contributed by atoms with van der Waals surface area (Å²) in [6, 6.07) is 0. The average Bonchev–Trinajstić information content (AvgIpc) is 2.72. The van der Waals surface area contributed by atoms with E-state index in [0.717, 1.165) is 0 Å². The minimum atomic E-state index is -0.909. The van der Waals surface area contributed by atoms with Crippen LogP contribution in [0.1, 0.15) is 50.6 Å². The van der Waals surface area contributed by atoms with Gasteiger partial charge < -0.3 is 10.4 Å². The van der Waals surface area contributed by atoms with Gasteiger partial charge in [-0.2, -0.15) is 0 Å². The number of nitrogens with zero attached hydrogens (tertiary/aromatic N) is 2. The second kappa shape index (κ2) is 5.95. The van der Waals surface area contributed by atoms with Crippen LogP contribution in [0.5, 0.6) is 0 Å². The van der Waals surface area contributed by atoms with Gasteiger partial charge in [-0.3, -0.25) is 9.89 Å². The lowest BCUT2D eigenvalue weighted by molar-refractivity contribution is 0.0366. The average molecular weight is 254 g/mol. The van der Waals surface area contributed by atoms with E-state index >= 15 is 0 Å². The lowest BCUT2D eigenvalue weighted by Gasteiger charge is -2.25. The maximum absolute atomic E-state index is 11.7. The normalized spacial score (nSPS) is 14.6. The number of nitrogens with one attached hydrogen (secondary N) is 2. The maximum atomic E-state index is 11.7. The van der Waals surface area contributed by atoms with E-state index in [4.69, 9.17) is 0 Å². The highest BCUT2D eigenvalue weighted by Crippen LogP contribution is 2.15. The topological polar surface area (TPSA) is 90.9 Å². The Morgan fingerprint density at radius 3 is 2.72 bits per heavy atom. The van der Waals surface area contributed by atoms with Crippen molar-refractivity contribution in [3.8, 4) is 0 Å². The molecule has 0 spiro atoms. The fourth-order valence-electron chi connectivity index (χ4n) is 1.86. The zero-order chi connectivity index (χ0) is 13.8. The third-order valence-corrected chi connectivity index (χ3v) is 2.55. The Bertz CT molecular complexity index is 399. The molecule has 0 saturated heterocycles. The Morgan fingerprint density at radius 2 is 2.22 bits per heavy atom. The molecule has 0 aliphatic carbocycles. The number of aromatic nitrogens is 3. The van der Waals surface area contributed by atoms with E-state index in [1.165, 1.54) is 0 Å². The highest BCUT2D eigenvalue weighted by Gasteiger charge is 2.23. The third kappa shape index (κ3) is 4.44. The molecule has 0 aromatic carbocycles. The van der Waals surface area contributed by atoms with Gasteiger partial charge in [-0.05, 0) is 19.3 Å². The summed E-state index contributed by atoms with van der Waals surface area (Å²) in [5, 5.41) is 19.2. The van der Waals surface area contributed by atoms with Crippen LogP contribution in [-0.4, -0.2) is 38.3 Å². The summed E-state index contributed by atoms with van der Waals surface area (Å²) in [6.07, 6.45) is 1.33. The number of carbonyl (C=O) groups excluding carboxylic acids is 1. The number of aryl methyl sites for hydroxylation is 1. The summed E-state index contributed by atoms with van der Waals surface area (Å²) in [5.41, 5.74) is -0.909. The number of H-pyrrole nitrogens is 1. The van der Waals surface area contributed by atoms with Crippen molar-refractivity contribution < 1.29 is 9.90 Å². The van der Waals surface area contributed by atoms with Crippen molar-refractivity contribution in [2.45, 2.75) is 46.1 Å². The Labute approximate surface area is 107 Å². The molecule has 18 heavy (non-hydrogen) atoms. The first kappa shape index (κ1) is 14.6. The largest absolute Gasteiger partial charge is 0.388 e. The Kier molecular flexibility index (Phi) is 4.84. The molecule has 1 aromatic rings. The molecule has 1 unspecified atom stereocenters. The van der Waals surface area contributed by atoms with Gasteiger partial charge in [0.1, 0.15) is 5.82 Å². The molecule has 0 aliphatic heterocycles. The van der Waals surface area contributed by atoms with Gasteiger partial charge in [0.25, 0.3) is 5.91 Å². The second-order valence-corrected chi connectivity index (χ2v) is 5.24. The van der Waals surface area contributed by atoms with Crippen LogP contribution in [-0.2, 0) is 6.42 Å². The molecule has 102 valence electrons. The van der Waals surface area contributed by atoms with E-state index in [-0.39, 0.29) is 18.3 Å². The van der Waals surface area contributed by atoms with E-state index < -0.39 is 5.60 Å². The Balaban J connectivity index is 2.50. The van der Waals surface area contributed by atoms with Crippen LogP contribution in [0.15, 0.2) is 0 Å². The van der Waals surface area contributed by atoms with Crippen LogP contribution in [0.3, 0.4) is 0 Å². The van der Waals surface area contributed by atoms with Crippen LogP contribution in [0.4, 0.5) is 0 Å². The predicted molar refractivity (Wildman–Crippen MR) is 68.2 cm³/mol. The van der Waals surface area contributed by atoms with Gasteiger partial charge in [-0.1, -0.05) is 20.8 Å². The van der Waals surface area contributed by atoms with Crippen LogP contribution < -0.4 is 5.32 Å². The van der Waals surface area contributed by atoms with Gasteiger partial charge in [0.15, 0.2) is 0 Å². The second-order valence-electron chi connectivity index (χ2n) is 5.24. The van der Waals surface area contributed by atoms with Crippen molar-refractivity contribution in [2.75, 3.05) is 6.54 Å². The first-order chi connectivity index (χ1) is 8.34. The monoisotopic (exact) mass is 254 g/mol. The first-order valence-electron chi connectivity index (χ1n) is 6.26. The van der Waals surface area contributed by atoms with Gasteiger partial charge in [-0.15, -0.1) is 5.10 Å². The van der Waals surface area contributed by atoms with E-state index in [1.807, 2.05) is 20.8 Å². The molecule has 1 amide bonds. The summed E-state index contributed by atoms with van der Waals surface area (Å²) in [5.74, 6) is 0.795. The molecule has 0 saturated carbocycles. The maximum Gasteiger partial charge on any atom is 0.291 e. The molecular weight excluding hydrogens is 232 g/mol. The molecule has 1 heterocycles. The van der Waals surface area contributed by atoms with E-state index in [0.29, 0.717) is 24.6 Å². The summed E-state index contributed by atoms with van der Waals surface area (Å²) in [6.45, 7) is 7.89. The quantitative estimate of drug-likeness (QED) is 0.703. The summed E-state index contributed by atoms with van der Waals surface area (Å²) >= 11 is 0. The number of amides is 1. The van der Waals surface area contributed by atoms with Crippen LogP contribution >= 0.6 is 0 Å². The van der Waals surface area contributed by atoms with Gasteiger partial charge in [0.05, 0.1) is 5.60 Å². The van der Waals surface area contributed by atoms with Crippen molar-refractivity contribution >= 4 is 5.91 Å². The van der Waals surface area contributed by atoms with Crippen LogP contribution in [0.2, 0.25) is 0 Å². The Morgan fingerprint density at radius 1 is 1.56 bits per heavy atom.